The van der Waals surface area contributed by atoms with E-state index in [1.807, 2.05) is 30.3 Å². The summed E-state index contributed by atoms with van der Waals surface area (Å²) in [6.07, 6.45) is 6.22. The molecule has 17 heteroatoms. The third kappa shape index (κ3) is 17.7. The molecule has 0 aromatic heterocycles. The lowest BCUT2D eigenvalue weighted by molar-refractivity contribution is -0.118. The van der Waals surface area contributed by atoms with Gasteiger partial charge in [-0.1, -0.05) is 36.4 Å². The first-order valence-electron chi connectivity index (χ1n) is 18.5. The summed E-state index contributed by atoms with van der Waals surface area (Å²) in [5.41, 5.74) is 20.0. The minimum Gasteiger partial charge on any atom is -0.493 e. The van der Waals surface area contributed by atoms with E-state index in [2.05, 4.69) is 32.8 Å². The number of benzene rings is 1. The van der Waals surface area contributed by atoms with Gasteiger partial charge in [0.1, 0.15) is 24.7 Å². The van der Waals surface area contributed by atoms with Crippen LogP contribution in [0.25, 0.3) is 0 Å². The second-order valence-corrected chi connectivity index (χ2v) is 16.7. The molecule has 14 nitrogen and oxygen atoms in total. The number of hydrogen-bond acceptors (Lipinski definition) is 13. The van der Waals surface area contributed by atoms with Crippen LogP contribution in [0.1, 0.15) is 38.2 Å². The third-order valence-corrected chi connectivity index (χ3v) is 11.4. The van der Waals surface area contributed by atoms with E-state index in [0.29, 0.717) is 42.6 Å². The third-order valence-electron chi connectivity index (χ3n) is 8.79. The molecule has 0 radical (unpaired) electrons. The SMILES string of the molecule is CC1CC=C(OCCN2CCOCC2)C=C1CC(=O)N=C(N)SC(=N)CCSCCC(N)SC(N)=NC(=O)Cc1cccc(OCCN2CCOCC2)c1. The number of morpholine rings is 2. The van der Waals surface area contributed by atoms with E-state index in [1.54, 1.807) is 11.8 Å². The fourth-order valence-electron chi connectivity index (χ4n) is 5.72. The number of amides is 2. The number of allylic oxidation sites excluding steroid dienone is 2. The van der Waals surface area contributed by atoms with Gasteiger partial charge in [0.15, 0.2) is 10.3 Å². The van der Waals surface area contributed by atoms with Crippen molar-refractivity contribution in [3.8, 4) is 5.75 Å². The predicted octanol–water partition coefficient (Wildman–Crippen LogP) is 3.45. The highest BCUT2D eigenvalue weighted by atomic mass is 32.2. The molecule has 4 rings (SSSR count). The first kappa shape index (κ1) is 43.8. The molecule has 7 N–H and O–H groups in total. The molecule has 0 bridgehead atoms. The number of ether oxygens (including phenoxy) is 4. The van der Waals surface area contributed by atoms with Crippen molar-refractivity contribution < 1.29 is 28.5 Å². The fraction of sp³-hybridized carbons (Fsp3) is 0.595. The lowest BCUT2D eigenvalue weighted by Gasteiger charge is -2.27. The molecule has 2 amide bonds. The molecule has 1 aliphatic carbocycles. The number of hydrogen-bond donors (Lipinski definition) is 4. The summed E-state index contributed by atoms with van der Waals surface area (Å²) in [4.78, 5) is 38.0. The van der Waals surface area contributed by atoms with Crippen LogP contribution < -0.4 is 21.9 Å². The largest absolute Gasteiger partial charge is 0.493 e. The zero-order valence-electron chi connectivity index (χ0n) is 31.2. The lowest BCUT2D eigenvalue weighted by Crippen LogP contribution is -2.38. The number of nitrogens with one attached hydrogen (secondary N) is 1. The Morgan fingerprint density at radius 3 is 2.30 bits per heavy atom. The summed E-state index contributed by atoms with van der Waals surface area (Å²) in [7, 11) is 0. The van der Waals surface area contributed by atoms with Gasteiger partial charge < -0.3 is 36.1 Å². The number of amidine groups is 2. The Morgan fingerprint density at radius 1 is 0.944 bits per heavy atom. The Labute approximate surface area is 332 Å². The average molecular weight is 805 g/mol. The molecule has 2 aliphatic heterocycles. The summed E-state index contributed by atoms with van der Waals surface area (Å²) >= 11 is 3.83. The molecule has 2 unspecified atom stereocenters. The molecule has 1 aromatic rings. The highest BCUT2D eigenvalue weighted by Crippen LogP contribution is 2.27. The van der Waals surface area contributed by atoms with Crippen LogP contribution in [0.4, 0.5) is 0 Å². The van der Waals surface area contributed by atoms with Crippen LogP contribution in [-0.2, 0) is 30.2 Å². The van der Waals surface area contributed by atoms with Crippen molar-refractivity contribution in [1.29, 1.82) is 5.41 Å². The summed E-state index contributed by atoms with van der Waals surface area (Å²) in [5.74, 6) is 2.47. The summed E-state index contributed by atoms with van der Waals surface area (Å²) in [6, 6.07) is 7.46. The summed E-state index contributed by atoms with van der Waals surface area (Å²) in [6.45, 7) is 11.6. The monoisotopic (exact) mass is 804 g/mol. The van der Waals surface area contributed by atoms with Gasteiger partial charge in [-0.05, 0) is 71.9 Å². The van der Waals surface area contributed by atoms with Crippen LogP contribution in [0, 0.1) is 11.3 Å². The van der Waals surface area contributed by atoms with Gasteiger partial charge in [-0.3, -0.25) is 24.8 Å². The van der Waals surface area contributed by atoms with Crippen LogP contribution in [0.2, 0.25) is 0 Å². The standard InChI is InChI=1S/C37H56N8O6S3/c1-27-5-6-31(51-20-14-45-11-17-49-18-12-45)25-29(27)26-35(47)43-37(41)54-33(39)8-22-52-21-7-32(38)53-36(40)42-34(46)24-28-3-2-4-30(23-28)50-19-13-44-9-15-48-16-10-44/h2-4,6,23,25,27,32,39H,5,7-22,24,26,38H2,1H3,(H2,40,42,46)(H2,41,43,47). The number of carbonyl (C=O) groups is 2. The van der Waals surface area contributed by atoms with Crippen molar-refractivity contribution in [3.63, 3.8) is 0 Å². The predicted molar refractivity (Wildman–Crippen MR) is 221 cm³/mol. The van der Waals surface area contributed by atoms with Crippen LogP contribution in [0.15, 0.2) is 57.7 Å². The molecule has 0 spiro atoms. The Balaban J connectivity index is 1.06. The van der Waals surface area contributed by atoms with Crippen LogP contribution in [-0.4, -0.2) is 133 Å². The van der Waals surface area contributed by atoms with Crippen molar-refractivity contribution in [2.75, 3.05) is 90.4 Å². The number of aliphatic imine (C=N–C) groups is 2. The maximum absolute atomic E-state index is 12.7. The van der Waals surface area contributed by atoms with Crippen LogP contribution in [0.5, 0.6) is 5.75 Å². The normalized spacial score (nSPS) is 19.5. The molecule has 1 aromatic carbocycles. The van der Waals surface area contributed by atoms with Gasteiger partial charge in [0.25, 0.3) is 11.8 Å². The Morgan fingerprint density at radius 2 is 1.59 bits per heavy atom. The van der Waals surface area contributed by atoms with Gasteiger partial charge in [0.2, 0.25) is 0 Å². The first-order chi connectivity index (χ1) is 26.1. The minimum absolute atomic E-state index is 0.0693. The smallest absolute Gasteiger partial charge is 0.252 e. The van der Waals surface area contributed by atoms with E-state index < -0.39 is 0 Å². The minimum atomic E-state index is -0.347. The highest BCUT2D eigenvalue weighted by Gasteiger charge is 2.19. The lowest BCUT2D eigenvalue weighted by atomic mass is 9.90. The maximum Gasteiger partial charge on any atom is 0.252 e. The highest BCUT2D eigenvalue weighted by molar-refractivity contribution is 8.26. The molecule has 54 heavy (non-hydrogen) atoms. The summed E-state index contributed by atoms with van der Waals surface area (Å²) < 4.78 is 22.6. The van der Waals surface area contributed by atoms with Crippen molar-refractivity contribution in [2.24, 2.45) is 33.1 Å². The molecule has 2 atom stereocenters. The van der Waals surface area contributed by atoms with Crippen molar-refractivity contribution >= 4 is 62.5 Å². The fourth-order valence-corrected chi connectivity index (χ4v) is 8.27. The number of nitrogens with zero attached hydrogens (tertiary/aromatic N) is 4. The van der Waals surface area contributed by atoms with Crippen molar-refractivity contribution in [3.05, 3.63) is 53.3 Å². The Kier molecular flexibility index (Phi) is 19.9. The number of carbonyl (C=O) groups excluding carboxylic acids is 2. The zero-order valence-corrected chi connectivity index (χ0v) is 33.7. The number of rotatable bonds is 19. The molecule has 0 saturated carbocycles. The first-order valence-corrected chi connectivity index (χ1v) is 21.3. The van der Waals surface area contributed by atoms with E-state index in [1.165, 1.54) is 11.8 Å². The molecule has 3 aliphatic rings. The van der Waals surface area contributed by atoms with Gasteiger partial charge >= 0.3 is 0 Å². The maximum atomic E-state index is 12.7. The van der Waals surface area contributed by atoms with E-state index in [-0.39, 0.29) is 46.3 Å². The molecule has 2 saturated heterocycles. The van der Waals surface area contributed by atoms with E-state index >= 15 is 0 Å². The van der Waals surface area contributed by atoms with Gasteiger partial charge in [-0.25, -0.2) is 0 Å². The van der Waals surface area contributed by atoms with E-state index in [9.17, 15) is 9.59 Å². The number of nitrogens with two attached hydrogens (primary N) is 3. The zero-order chi connectivity index (χ0) is 38.5. The molecule has 2 heterocycles. The summed E-state index contributed by atoms with van der Waals surface area (Å²) in [5, 5.41) is 8.49. The van der Waals surface area contributed by atoms with Crippen molar-refractivity contribution in [1.82, 2.24) is 9.80 Å². The Bertz CT molecular complexity index is 1500. The van der Waals surface area contributed by atoms with Gasteiger partial charge in [0.05, 0.1) is 49.7 Å². The van der Waals surface area contributed by atoms with E-state index in [0.717, 1.165) is 107 Å². The molecule has 2 fully saturated rings. The molecule has 298 valence electrons. The second-order valence-electron chi connectivity index (χ2n) is 13.1. The van der Waals surface area contributed by atoms with Crippen molar-refractivity contribution in [2.45, 2.75) is 44.4 Å². The second kappa shape index (κ2) is 24.6. The van der Waals surface area contributed by atoms with Gasteiger partial charge in [0, 0.05) is 45.7 Å². The topological polar surface area (TPSA) is 204 Å². The van der Waals surface area contributed by atoms with Crippen LogP contribution in [0.3, 0.4) is 0 Å². The van der Waals surface area contributed by atoms with Crippen LogP contribution >= 0.6 is 35.3 Å². The Hall–Kier alpha value is -2.90. The average Bonchev–Trinajstić information content (AvgIpc) is 3.13. The van der Waals surface area contributed by atoms with E-state index in [4.69, 9.17) is 41.6 Å². The number of thioether (sulfide) groups is 3. The quantitative estimate of drug-likeness (QED) is 0.0685. The molecular weight excluding hydrogens is 749 g/mol. The molecular formula is C37H56N8O6S3. The van der Waals surface area contributed by atoms with Gasteiger partial charge in [-0.2, -0.15) is 21.7 Å². The van der Waals surface area contributed by atoms with Gasteiger partial charge in [-0.15, -0.1) is 0 Å².